The lowest BCUT2D eigenvalue weighted by molar-refractivity contribution is 0.0698. The van der Waals surface area contributed by atoms with Crippen molar-refractivity contribution in [3.05, 3.63) is 35.9 Å². The first-order valence-electron chi connectivity index (χ1n) is 4.39. The van der Waals surface area contributed by atoms with E-state index in [1.54, 1.807) is 12.1 Å². The molecule has 15 heavy (non-hydrogen) atoms. The summed E-state index contributed by atoms with van der Waals surface area (Å²) in [7, 11) is 0. The number of hydrogen-bond acceptors (Lipinski definition) is 3. The van der Waals surface area contributed by atoms with Gasteiger partial charge in [-0.2, -0.15) is 0 Å². The van der Waals surface area contributed by atoms with Crippen LogP contribution in [0.25, 0.3) is 10.9 Å². The number of para-hydroxylation sites is 1. The van der Waals surface area contributed by atoms with Crippen molar-refractivity contribution < 1.29 is 9.90 Å². The van der Waals surface area contributed by atoms with Crippen molar-refractivity contribution >= 4 is 28.6 Å². The first kappa shape index (κ1) is 9.98. The van der Waals surface area contributed by atoms with E-state index in [-0.39, 0.29) is 0 Å². The van der Waals surface area contributed by atoms with Crippen LogP contribution in [0, 0.1) is 0 Å². The molecule has 0 spiro atoms. The molecule has 0 aliphatic rings. The van der Waals surface area contributed by atoms with Crippen LogP contribution in [0.3, 0.4) is 0 Å². The van der Waals surface area contributed by atoms with Gasteiger partial charge < -0.3 is 5.11 Å². The lowest BCUT2D eigenvalue weighted by Crippen LogP contribution is -1.99. The van der Waals surface area contributed by atoms with Gasteiger partial charge in [-0.3, -0.25) is 0 Å². The zero-order chi connectivity index (χ0) is 10.8. The van der Waals surface area contributed by atoms with Gasteiger partial charge in [-0.1, -0.05) is 18.2 Å². The van der Waals surface area contributed by atoms with E-state index in [1.807, 2.05) is 24.5 Å². The predicted molar refractivity (Wildman–Crippen MR) is 60.5 cm³/mol. The van der Waals surface area contributed by atoms with Crippen molar-refractivity contribution in [1.82, 2.24) is 4.98 Å². The molecule has 0 amide bonds. The molecule has 0 atom stereocenters. The molecular formula is C11H9NO2S. The van der Waals surface area contributed by atoms with Gasteiger partial charge in [0.1, 0.15) is 0 Å². The Morgan fingerprint density at radius 1 is 1.40 bits per heavy atom. The summed E-state index contributed by atoms with van der Waals surface area (Å²) in [6.07, 6.45) is 1.88. The molecule has 1 N–H and O–H groups in total. The minimum atomic E-state index is -0.913. The Labute approximate surface area is 91.1 Å². The maximum atomic E-state index is 11.0. The Hall–Kier alpha value is -1.55. The Morgan fingerprint density at radius 3 is 2.80 bits per heavy atom. The van der Waals surface area contributed by atoms with E-state index in [2.05, 4.69) is 4.98 Å². The van der Waals surface area contributed by atoms with Crippen LogP contribution in [0.4, 0.5) is 0 Å². The van der Waals surface area contributed by atoms with Gasteiger partial charge in [-0.25, -0.2) is 9.78 Å². The third-order valence-corrected chi connectivity index (χ3v) is 2.76. The average molecular weight is 219 g/mol. The molecule has 0 bridgehead atoms. The third-order valence-electron chi connectivity index (χ3n) is 2.13. The van der Waals surface area contributed by atoms with Gasteiger partial charge >= 0.3 is 5.97 Å². The summed E-state index contributed by atoms with van der Waals surface area (Å²) in [5.74, 6) is -0.913. The molecule has 0 aliphatic carbocycles. The van der Waals surface area contributed by atoms with Crippen LogP contribution < -0.4 is 0 Å². The molecule has 0 aliphatic heterocycles. The summed E-state index contributed by atoms with van der Waals surface area (Å²) in [6, 6.07) is 8.87. The Bertz CT molecular complexity index is 525. The van der Waals surface area contributed by atoms with Crippen molar-refractivity contribution in [2.75, 3.05) is 6.26 Å². The Balaban J connectivity index is 2.80. The van der Waals surface area contributed by atoms with Crippen molar-refractivity contribution in [1.29, 1.82) is 0 Å². The van der Waals surface area contributed by atoms with Crippen LogP contribution >= 0.6 is 11.8 Å². The second kappa shape index (κ2) is 3.90. The van der Waals surface area contributed by atoms with Crippen LogP contribution in [0.15, 0.2) is 35.4 Å². The summed E-state index contributed by atoms with van der Waals surface area (Å²) in [5.41, 5.74) is 1.03. The number of carboxylic acid groups (broad SMARTS) is 1. The molecule has 0 saturated carbocycles. The van der Waals surface area contributed by atoms with Gasteiger partial charge in [0.05, 0.1) is 16.1 Å². The number of pyridine rings is 1. The van der Waals surface area contributed by atoms with Crippen LogP contribution in [0.1, 0.15) is 10.4 Å². The number of carbonyl (C=O) groups is 1. The van der Waals surface area contributed by atoms with Gasteiger partial charge in [-0.05, 0) is 18.4 Å². The monoisotopic (exact) mass is 219 g/mol. The van der Waals surface area contributed by atoms with Gasteiger partial charge in [0.25, 0.3) is 0 Å². The number of rotatable bonds is 2. The van der Waals surface area contributed by atoms with E-state index < -0.39 is 5.97 Å². The van der Waals surface area contributed by atoms with Gasteiger partial charge in [0.15, 0.2) is 0 Å². The highest BCUT2D eigenvalue weighted by molar-refractivity contribution is 7.98. The standard InChI is InChI=1S/C11H9NO2S/c1-15-10-6-8(11(13)14)7-4-2-3-5-9(7)12-10/h2-6H,1H3,(H,13,14). The number of carboxylic acids is 1. The number of fused-ring (bicyclic) bond motifs is 1. The van der Waals surface area contributed by atoms with Crippen LogP contribution in [-0.2, 0) is 0 Å². The molecule has 4 heteroatoms. The zero-order valence-corrected chi connectivity index (χ0v) is 8.91. The number of aromatic nitrogens is 1. The normalized spacial score (nSPS) is 10.5. The highest BCUT2D eigenvalue weighted by Crippen LogP contribution is 2.22. The van der Waals surface area contributed by atoms with Gasteiger partial charge in [0, 0.05) is 5.39 Å². The van der Waals surface area contributed by atoms with E-state index in [0.717, 1.165) is 10.5 Å². The summed E-state index contributed by atoms with van der Waals surface area (Å²) < 4.78 is 0. The minimum absolute atomic E-state index is 0.310. The van der Waals surface area contributed by atoms with Crippen molar-refractivity contribution in [2.45, 2.75) is 5.03 Å². The molecule has 3 nitrogen and oxygen atoms in total. The summed E-state index contributed by atoms with van der Waals surface area (Å²) in [4.78, 5) is 15.4. The molecule has 0 saturated heterocycles. The maximum Gasteiger partial charge on any atom is 0.336 e. The highest BCUT2D eigenvalue weighted by atomic mass is 32.2. The zero-order valence-electron chi connectivity index (χ0n) is 8.10. The quantitative estimate of drug-likeness (QED) is 0.789. The largest absolute Gasteiger partial charge is 0.478 e. The van der Waals surface area contributed by atoms with E-state index in [1.165, 1.54) is 11.8 Å². The molecular weight excluding hydrogens is 210 g/mol. The van der Waals surface area contributed by atoms with Crippen molar-refractivity contribution in [3.8, 4) is 0 Å². The second-order valence-electron chi connectivity index (χ2n) is 3.03. The van der Waals surface area contributed by atoms with Crippen LogP contribution in [0.5, 0.6) is 0 Å². The van der Waals surface area contributed by atoms with E-state index in [4.69, 9.17) is 5.11 Å². The minimum Gasteiger partial charge on any atom is -0.478 e. The number of nitrogens with zero attached hydrogens (tertiary/aromatic N) is 1. The molecule has 76 valence electrons. The first-order chi connectivity index (χ1) is 7.22. The van der Waals surface area contributed by atoms with E-state index in [9.17, 15) is 4.79 Å². The number of aromatic carboxylic acids is 1. The topological polar surface area (TPSA) is 50.2 Å². The fourth-order valence-electron chi connectivity index (χ4n) is 1.43. The second-order valence-corrected chi connectivity index (χ2v) is 3.86. The number of hydrogen-bond donors (Lipinski definition) is 1. The molecule has 1 aromatic carbocycles. The smallest absolute Gasteiger partial charge is 0.336 e. The average Bonchev–Trinajstić information content (AvgIpc) is 2.27. The Morgan fingerprint density at radius 2 is 2.13 bits per heavy atom. The van der Waals surface area contributed by atoms with Crippen molar-refractivity contribution in [2.24, 2.45) is 0 Å². The fraction of sp³-hybridized carbons (Fsp3) is 0.0909. The van der Waals surface area contributed by atoms with Crippen LogP contribution in [-0.4, -0.2) is 22.3 Å². The molecule has 0 radical (unpaired) electrons. The van der Waals surface area contributed by atoms with E-state index in [0.29, 0.717) is 10.9 Å². The molecule has 1 heterocycles. The van der Waals surface area contributed by atoms with Gasteiger partial charge in [0.2, 0.25) is 0 Å². The fourth-order valence-corrected chi connectivity index (χ4v) is 1.86. The molecule has 0 fully saturated rings. The highest BCUT2D eigenvalue weighted by Gasteiger charge is 2.10. The predicted octanol–water partition coefficient (Wildman–Crippen LogP) is 2.65. The number of benzene rings is 1. The maximum absolute atomic E-state index is 11.0. The lowest BCUT2D eigenvalue weighted by atomic mass is 10.1. The van der Waals surface area contributed by atoms with E-state index >= 15 is 0 Å². The number of thioether (sulfide) groups is 1. The molecule has 0 unspecified atom stereocenters. The molecule has 1 aromatic heterocycles. The summed E-state index contributed by atoms with van der Waals surface area (Å²) in [6.45, 7) is 0. The lowest BCUT2D eigenvalue weighted by Gasteiger charge is -2.04. The summed E-state index contributed by atoms with van der Waals surface area (Å²) >= 11 is 1.44. The first-order valence-corrected chi connectivity index (χ1v) is 5.62. The molecule has 2 aromatic rings. The van der Waals surface area contributed by atoms with Crippen LogP contribution in [0.2, 0.25) is 0 Å². The molecule has 2 rings (SSSR count). The SMILES string of the molecule is CSc1cc(C(=O)O)c2ccccc2n1. The third kappa shape index (κ3) is 1.80. The summed E-state index contributed by atoms with van der Waals surface area (Å²) in [5, 5.41) is 10.5. The van der Waals surface area contributed by atoms with Gasteiger partial charge in [-0.15, -0.1) is 11.8 Å². The van der Waals surface area contributed by atoms with Crippen molar-refractivity contribution in [3.63, 3.8) is 0 Å². The Kier molecular flexibility index (Phi) is 2.60.